The molecule has 1 radical (unpaired) electrons. The minimum absolute atomic E-state index is 0.418. The van der Waals surface area contributed by atoms with E-state index in [1.165, 1.54) is 0 Å². The Kier molecular flexibility index (Phi) is 2.41. The molecule has 4 heteroatoms. The first kappa shape index (κ1) is 7.98. The monoisotopic (exact) mass is 170 g/mol. The quantitative estimate of drug-likeness (QED) is 0.466. The number of thiocarbonyl (C=S) groups is 1. The van der Waals surface area contributed by atoms with E-state index in [2.05, 4.69) is 23.3 Å². The van der Waals surface area contributed by atoms with Gasteiger partial charge in [0.25, 0.3) is 0 Å². The third kappa shape index (κ3) is 1.67. The molecular formula is C7H2F2NS. The van der Waals surface area contributed by atoms with Gasteiger partial charge < -0.3 is 0 Å². The van der Waals surface area contributed by atoms with Crippen LogP contribution in [0.4, 0.5) is 14.5 Å². The van der Waals surface area contributed by atoms with E-state index in [-0.39, 0.29) is 0 Å². The lowest BCUT2D eigenvalue weighted by Gasteiger charge is -1.93. The SMILES string of the molecule is Fc1c[c]cc(F)c1N=C=S. The number of isothiocyanates is 1. The van der Waals surface area contributed by atoms with Crippen molar-refractivity contribution < 1.29 is 8.78 Å². The van der Waals surface area contributed by atoms with Crippen molar-refractivity contribution in [1.82, 2.24) is 0 Å². The molecule has 1 aromatic carbocycles. The van der Waals surface area contributed by atoms with Crippen LogP contribution in [0.2, 0.25) is 0 Å². The van der Waals surface area contributed by atoms with Gasteiger partial charge >= 0.3 is 0 Å². The fourth-order valence-electron chi connectivity index (χ4n) is 0.591. The van der Waals surface area contributed by atoms with Crippen molar-refractivity contribution in [1.29, 1.82) is 0 Å². The van der Waals surface area contributed by atoms with Crippen LogP contribution in [0, 0.1) is 17.7 Å². The second-order valence-corrected chi connectivity index (χ2v) is 1.89. The smallest absolute Gasteiger partial charge is 0.153 e. The molecule has 0 spiro atoms. The first-order valence-electron chi connectivity index (χ1n) is 2.68. The lowest BCUT2D eigenvalue weighted by atomic mass is 10.3. The normalized spacial score (nSPS) is 8.91. The Morgan fingerprint density at radius 2 is 1.91 bits per heavy atom. The topological polar surface area (TPSA) is 12.4 Å². The third-order valence-electron chi connectivity index (χ3n) is 1.03. The van der Waals surface area contributed by atoms with Gasteiger partial charge in [-0.2, -0.15) is 4.99 Å². The fraction of sp³-hybridized carbons (Fsp3) is 0. The van der Waals surface area contributed by atoms with Crippen LogP contribution in [0.25, 0.3) is 0 Å². The molecule has 0 aliphatic heterocycles. The molecule has 0 atom stereocenters. The molecule has 11 heavy (non-hydrogen) atoms. The number of benzene rings is 1. The van der Waals surface area contributed by atoms with Crippen LogP contribution in [-0.4, -0.2) is 5.16 Å². The summed E-state index contributed by atoms with van der Waals surface area (Å²) in [4.78, 5) is 3.20. The van der Waals surface area contributed by atoms with Crippen LogP contribution in [0.15, 0.2) is 17.1 Å². The van der Waals surface area contributed by atoms with Gasteiger partial charge in [-0.15, -0.1) is 0 Å². The Hall–Kier alpha value is -1.12. The van der Waals surface area contributed by atoms with Crippen molar-refractivity contribution in [2.45, 2.75) is 0 Å². The highest BCUT2D eigenvalue weighted by Crippen LogP contribution is 2.19. The van der Waals surface area contributed by atoms with Crippen molar-refractivity contribution in [2.75, 3.05) is 0 Å². The summed E-state index contributed by atoms with van der Waals surface area (Å²) in [5.41, 5.74) is -0.418. The van der Waals surface area contributed by atoms with E-state index in [0.29, 0.717) is 0 Å². The van der Waals surface area contributed by atoms with Gasteiger partial charge in [0.1, 0.15) is 5.69 Å². The summed E-state index contributed by atoms with van der Waals surface area (Å²) in [6.45, 7) is 0. The van der Waals surface area contributed by atoms with Gasteiger partial charge in [0.05, 0.1) is 5.16 Å². The van der Waals surface area contributed by atoms with Gasteiger partial charge in [0, 0.05) is 0 Å². The summed E-state index contributed by atoms with van der Waals surface area (Å²) >= 11 is 4.19. The second-order valence-electron chi connectivity index (χ2n) is 1.70. The summed E-state index contributed by atoms with van der Waals surface area (Å²) < 4.78 is 25.2. The van der Waals surface area contributed by atoms with Crippen molar-refractivity contribution >= 4 is 23.1 Å². The maximum absolute atomic E-state index is 12.6. The van der Waals surface area contributed by atoms with Crippen molar-refractivity contribution in [2.24, 2.45) is 4.99 Å². The van der Waals surface area contributed by atoms with Crippen LogP contribution in [-0.2, 0) is 0 Å². The Balaban J connectivity index is 3.31. The number of hydrogen-bond acceptors (Lipinski definition) is 2. The average Bonchev–Trinajstić information content (AvgIpc) is 1.97. The van der Waals surface area contributed by atoms with E-state index in [1.54, 1.807) is 0 Å². The fourth-order valence-corrected chi connectivity index (χ4v) is 0.683. The van der Waals surface area contributed by atoms with Crippen molar-refractivity contribution in [3.8, 4) is 0 Å². The highest BCUT2D eigenvalue weighted by Gasteiger charge is 2.05. The molecule has 55 valence electrons. The first-order valence-corrected chi connectivity index (χ1v) is 3.09. The molecule has 0 bridgehead atoms. The Morgan fingerprint density at radius 1 is 1.36 bits per heavy atom. The van der Waals surface area contributed by atoms with Crippen LogP contribution >= 0.6 is 12.2 Å². The van der Waals surface area contributed by atoms with E-state index in [4.69, 9.17) is 0 Å². The molecule has 0 aliphatic rings. The van der Waals surface area contributed by atoms with Gasteiger partial charge in [-0.25, -0.2) is 8.78 Å². The van der Waals surface area contributed by atoms with Crippen LogP contribution < -0.4 is 0 Å². The molecule has 1 nitrogen and oxygen atoms in total. The zero-order chi connectivity index (χ0) is 8.27. The number of rotatable bonds is 1. The standard InChI is InChI=1S/C7H2F2NS/c8-5-2-1-3-6(9)7(5)10-4-11/h2-3H. The number of halogens is 2. The minimum Gasteiger partial charge on any atom is -0.204 e. The Bertz CT molecular complexity index is 298. The lowest BCUT2D eigenvalue weighted by molar-refractivity contribution is 0.587. The molecule has 0 unspecified atom stereocenters. The molecule has 1 aromatic rings. The summed E-state index contributed by atoms with van der Waals surface area (Å²) in [5, 5.41) is 1.88. The number of aliphatic imine (C=N–C) groups is 1. The molecule has 0 aromatic heterocycles. The first-order chi connectivity index (χ1) is 5.25. The number of hydrogen-bond donors (Lipinski definition) is 0. The molecule has 0 amide bonds. The highest BCUT2D eigenvalue weighted by molar-refractivity contribution is 7.78. The van der Waals surface area contributed by atoms with E-state index in [9.17, 15) is 8.78 Å². The number of nitrogens with zero attached hydrogens (tertiary/aromatic N) is 1. The van der Waals surface area contributed by atoms with Crippen LogP contribution in [0.1, 0.15) is 0 Å². The predicted octanol–water partition coefficient (Wildman–Crippen LogP) is 2.50. The summed E-state index contributed by atoms with van der Waals surface area (Å²) in [5.74, 6) is -1.58. The largest absolute Gasteiger partial charge is 0.204 e. The lowest BCUT2D eigenvalue weighted by Crippen LogP contribution is -1.80. The van der Waals surface area contributed by atoms with Gasteiger partial charge in [-0.3, -0.25) is 0 Å². The van der Waals surface area contributed by atoms with Crippen LogP contribution in [0.3, 0.4) is 0 Å². The summed E-state index contributed by atoms with van der Waals surface area (Å²) in [7, 11) is 0. The molecule has 0 N–H and O–H groups in total. The molecule has 0 heterocycles. The van der Waals surface area contributed by atoms with E-state index < -0.39 is 17.3 Å². The predicted molar refractivity (Wildman–Crippen MR) is 39.9 cm³/mol. The molecular weight excluding hydrogens is 168 g/mol. The Morgan fingerprint density at radius 3 is 2.36 bits per heavy atom. The highest BCUT2D eigenvalue weighted by atomic mass is 32.1. The molecule has 1 rings (SSSR count). The van der Waals surface area contributed by atoms with E-state index in [1.807, 2.05) is 5.16 Å². The zero-order valence-electron chi connectivity index (χ0n) is 5.27. The molecule has 0 saturated heterocycles. The minimum atomic E-state index is -0.789. The second kappa shape index (κ2) is 3.32. The maximum atomic E-state index is 12.6. The van der Waals surface area contributed by atoms with Gasteiger partial charge in [-0.05, 0) is 30.4 Å². The summed E-state index contributed by atoms with van der Waals surface area (Å²) in [6.07, 6.45) is 0. The molecule has 0 saturated carbocycles. The Labute approximate surface area is 67.4 Å². The van der Waals surface area contributed by atoms with Gasteiger partial charge in [0.15, 0.2) is 11.6 Å². The average molecular weight is 170 g/mol. The van der Waals surface area contributed by atoms with Crippen molar-refractivity contribution in [3.05, 3.63) is 29.8 Å². The molecule has 0 aliphatic carbocycles. The van der Waals surface area contributed by atoms with Crippen LogP contribution in [0.5, 0.6) is 0 Å². The zero-order valence-corrected chi connectivity index (χ0v) is 6.08. The van der Waals surface area contributed by atoms with Crippen molar-refractivity contribution in [3.63, 3.8) is 0 Å². The van der Waals surface area contributed by atoms with E-state index in [0.717, 1.165) is 12.1 Å². The van der Waals surface area contributed by atoms with Gasteiger partial charge in [-0.1, -0.05) is 0 Å². The third-order valence-corrected chi connectivity index (χ3v) is 1.12. The summed E-state index contributed by atoms with van der Waals surface area (Å²) in [6, 6.07) is 4.22. The maximum Gasteiger partial charge on any atom is 0.153 e. The van der Waals surface area contributed by atoms with Gasteiger partial charge in [0.2, 0.25) is 0 Å². The van der Waals surface area contributed by atoms with E-state index >= 15 is 0 Å². The molecule has 0 fully saturated rings.